The third kappa shape index (κ3) is 3.85. The first-order chi connectivity index (χ1) is 8.28. The van der Waals surface area contributed by atoms with E-state index in [-0.39, 0.29) is 24.7 Å². The lowest BCUT2D eigenvalue weighted by Gasteiger charge is -2.28. The number of hydrogen-bond acceptors (Lipinski definition) is 3. The van der Waals surface area contributed by atoms with Crippen molar-refractivity contribution >= 4 is 6.03 Å². The predicted molar refractivity (Wildman–Crippen MR) is 63.7 cm³/mol. The minimum atomic E-state index is -0.0760. The molecule has 1 unspecified atom stereocenters. The molecule has 0 radical (unpaired) electrons. The highest BCUT2D eigenvalue weighted by Crippen LogP contribution is 2.23. The lowest BCUT2D eigenvalue weighted by molar-refractivity contribution is 0.172. The second kappa shape index (κ2) is 6.21. The van der Waals surface area contributed by atoms with Gasteiger partial charge in [-0.15, -0.1) is 0 Å². The SMILES string of the molecule is O=C(NC1CCC(CO)CC1)NC1CCOC1. The molecule has 0 aromatic rings. The van der Waals surface area contributed by atoms with E-state index in [1.54, 1.807) is 0 Å². The Morgan fingerprint density at radius 2 is 1.82 bits per heavy atom. The maximum absolute atomic E-state index is 11.7. The molecule has 2 rings (SSSR count). The Hall–Kier alpha value is -0.810. The summed E-state index contributed by atoms with van der Waals surface area (Å²) in [5.74, 6) is 0.430. The summed E-state index contributed by atoms with van der Waals surface area (Å²) in [5.41, 5.74) is 0. The van der Waals surface area contributed by atoms with E-state index < -0.39 is 0 Å². The first-order valence-electron chi connectivity index (χ1n) is 6.53. The van der Waals surface area contributed by atoms with Crippen molar-refractivity contribution in [2.45, 2.75) is 44.2 Å². The minimum Gasteiger partial charge on any atom is -0.396 e. The number of nitrogens with one attached hydrogen (secondary N) is 2. The van der Waals surface area contributed by atoms with Crippen molar-refractivity contribution in [1.82, 2.24) is 10.6 Å². The second-order valence-electron chi connectivity index (χ2n) is 5.08. The van der Waals surface area contributed by atoms with Crippen LogP contribution in [0.25, 0.3) is 0 Å². The molecule has 3 N–H and O–H groups in total. The van der Waals surface area contributed by atoms with Crippen molar-refractivity contribution in [2.75, 3.05) is 19.8 Å². The van der Waals surface area contributed by atoms with Gasteiger partial charge in [0.1, 0.15) is 0 Å². The number of rotatable bonds is 3. The molecule has 1 saturated heterocycles. The molecule has 1 aliphatic heterocycles. The van der Waals surface area contributed by atoms with Crippen molar-refractivity contribution < 1.29 is 14.6 Å². The predicted octanol–water partition coefficient (Wildman–Crippen LogP) is 0.626. The molecule has 2 aliphatic rings. The first kappa shape index (κ1) is 12.6. The lowest BCUT2D eigenvalue weighted by Crippen LogP contribution is -2.47. The largest absolute Gasteiger partial charge is 0.396 e. The zero-order valence-corrected chi connectivity index (χ0v) is 10.2. The van der Waals surface area contributed by atoms with Gasteiger partial charge in [-0.2, -0.15) is 0 Å². The number of hydrogen-bond donors (Lipinski definition) is 3. The van der Waals surface area contributed by atoms with Crippen LogP contribution in [0.1, 0.15) is 32.1 Å². The van der Waals surface area contributed by atoms with E-state index >= 15 is 0 Å². The number of amides is 2. The molecular weight excluding hydrogens is 220 g/mol. The molecule has 2 amide bonds. The van der Waals surface area contributed by atoms with E-state index in [1.165, 1.54) is 0 Å². The molecule has 5 heteroatoms. The van der Waals surface area contributed by atoms with Crippen molar-refractivity contribution in [3.05, 3.63) is 0 Å². The van der Waals surface area contributed by atoms with Crippen molar-refractivity contribution in [3.8, 4) is 0 Å². The summed E-state index contributed by atoms with van der Waals surface area (Å²) in [4.78, 5) is 11.7. The van der Waals surface area contributed by atoms with Gasteiger partial charge < -0.3 is 20.5 Å². The molecule has 17 heavy (non-hydrogen) atoms. The molecule has 1 heterocycles. The maximum Gasteiger partial charge on any atom is 0.315 e. The Kier molecular flexibility index (Phi) is 4.62. The summed E-state index contributed by atoms with van der Waals surface area (Å²) in [7, 11) is 0. The van der Waals surface area contributed by atoms with Gasteiger partial charge in [-0.3, -0.25) is 0 Å². The number of aliphatic hydroxyl groups is 1. The molecule has 0 aromatic heterocycles. The summed E-state index contributed by atoms with van der Waals surface area (Å²) in [5, 5.41) is 15.0. The number of ether oxygens (including phenoxy) is 1. The van der Waals surface area contributed by atoms with Gasteiger partial charge in [0.25, 0.3) is 0 Å². The van der Waals surface area contributed by atoms with Gasteiger partial charge in [0.15, 0.2) is 0 Å². The van der Waals surface area contributed by atoms with Gasteiger partial charge in [0.2, 0.25) is 0 Å². The lowest BCUT2D eigenvalue weighted by atomic mass is 9.87. The standard InChI is InChI=1S/C12H22N2O3/c15-7-9-1-3-10(4-2-9)13-12(16)14-11-5-6-17-8-11/h9-11,15H,1-8H2,(H2,13,14,16). The number of urea groups is 1. The minimum absolute atomic E-state index is 0.0760. The van der Waals surface area contributed by atoms with Gasteiger partial charge in [-0.25, -0.2) is 4.79 Å². The molecule has 0 aromatic carbocycles. The maximum atomic E-state index is 11.7. The van der Waals surface area contributed by atoms with E-state index in [2.05, 4.69) is 10.6 Å². The van der Waals surface area contributed by atoms with E-state index in [0.29, 0.717) is 12.5 Å². The van der Waals surface area contributed by atoms with Crippen molar-refractivity contribution in [2.24, 2.45) is 5.92 Å². The summed E-state index contributed by atoms with van der Waals surface area (Å²) >= 11 is 0. The van der Waals surface area contributed by atoms with E-state index in [0.717, 1.165) is 38.7 Å². The fourth-order valence-electron chi connectivity index (χ4n) is 2.55. The quantitative estimate of drug-likeness (QED) is 0.679. The Morgan fingerprint density at radius 1 is 1.12 bits per heavy atom. The molecular formula is C12H22N2O3. The van der Waals surface area contributed by atoms with Crippen LogP contribution in [0.3, 0.4) is 0 Å². The summed E-state index contributed by atoms with van der Waals surface area (Å²) < 4.78 is 5.21. The number of aliphatic hydroxyl groups excluding tert-OH is 1. The monoisotopic (exact) mass is 242 g/mol. The summed E-state index contributed by atoms with van der Waals surface area (Å²) in [6.45, 7) is 1.65. The zero-order chi connectivity index (χ0) is 12.1. The van der Waals surface area contributed by atoms with Gasteiger partial charge in [0.05, 0.1) is 12.6 Å². The van der Waals surface area contributed by atoms with Crippen molar-refractivity contribution in [3.63, 3.8) is 0 Å². The molecule has 1 atom stereocenters. The molecule has 1 saturated carbocycles. The molecule has 5 nitrogen and oxygen atoms in total. The van der Waals surface area contributed by atoms with Gasteiger partial charge in [-0.05, 0) is 38.0 Å². The normalized spacial score (nSPS) is 33.4. The molecule has 98 valence electrons. The van der Waals surface area contributed by atoms with Crippen LogP contribution in [0, 0.1) is 5.92 Å². The average Bonchev–Trinajstić information content (AvgIpc) is 2.82. The third-order valence-electron chi connectivity index (χ3n) is 3.71. The fourth-order valence-corrected chi connectivity index (χ4v) is 2.55. The Bertz CT molecular complexity index is 246. The number of carbonyl (C=O) groups excluding carboxylic acids is 1. The van der Waals surface area contributed by atoms with Crippen LogP contribution in [0.15, 0.2) is 0 Å². The average molecular weight is 242 g/mol. The highest BCUT2D eigenvalue weighted by Gasteiger charge is 2.23. The van der Waals surface area contributed by atoms with Crippen molar-refractivity contribution in [1.29, 1.82) is 0 Å². The van der Waals surface area contributed by atoms with E-state index in [9.17, 15) is 4.79 Å². The van der Waals surface area contributed by atoms with Gasteiger partial charge in [0, 0.05) is 19.3 Å². The molecule has 1 aliphatic carbocycles. The van der Waals surface area contributed by atoms with Crippen LogP contribution in [0.5, 0.6) is 0 Å². The van der Waals surface area contributed by atoms with Crippen LogP contribution < -0.4 is 10.6 Å². The Balaban J connectivity index is 1.65. The summed E-state index contributed by atoms with van der Waals surface area (Å²) in [6, 6.07) is 0.358. The highest BCUT2D eigenvalue weighted by atomic mass is 16.5. The van der Waals surface area contributed by atoms with Gasteiger partial charge in [-0.1, -0.05) is 0 Å². The third-order valence-corrected chi connectivity index (χ3v) is 3.71. The van der Waals surface area contributed by atoms with Crippen LogP contribution in [0.4, 0.5) is 4.79 Å². The van der Waals surface area contributed by atoms with Crippen LogP contribution >= 0.6 is 0 Å². The second-order valence-corrected chi connectivity index (χ2v) is 5.08. The van der Waals surface area contributed by atoms with Crippen LogP contribution in [-0.4, -0.2) is 43.0 Å². The highest BCUT2D eigenvalue weighted by molar-refractivity contribution is 5.74. The number of carbonyl (C=O) groups is 1. The molecule has 0 bridgehead atoms. The Morgan fingerprint density at radius 3 is 2.41 bits per heavy atom. The van der Waals surface area contributed by atoms with E-state index in [1.807, 2.05) is 0 Å². The zero-order valence-electron chi connectivity index (χ0n) is 10.2. The van der Waals surface area contributed by atoms with Crippen LogP contribution in [-0.2, 0) is 4.74 Å². The topological polar surface area (TPSA) is 70.6 Å². The van der Waals surface area contributed by atoms with Crippen LogP contribution in [0.2, 0.25) is 0 Å². The fraction of sp³-hybridized carbons (Fsp3) is 0.917. The Labute approximate surface area is 102 Å². The summed E-state index contributed by atoms with van der Waals surface area (Å²) in [6.07, 6.45) is 4.87. The molecule has 2 fully saturated rings. The smallest absolute Gasteiger partial charge is 0.315 e. The first-order valence-corrected chi connectivity index (χ1v) is 6.53. The van der Waals surface area contributed by atoms with E-state index in [4.69, 9.17) is 9.84 Å². The molecule has 0 spiro atoms. The van der Waals surface area contributed by atoms with Gasteiger partial charge >= 0.3 is 6.03 Å².